The van der Waals surface area contributed by atoms with Crippen molar-refractivity contribution < 1.29 is 13.2 Å². The Labute approximate surface area is 137 Å². The van der Waals surface area contributed by atoms with Gasteiger partial charge in [0.05, 0.1) is 6.20 Å². The molecule has 0 N–H and O–H groups in total. The molecule has 1 aliphatic carbocycles. The summed E-state index contributed by atoms with van der Waals surface area (Å²) in [7, 11) is 0. The van der Waals surface area contributed by atoms with Crippen LogP contribution in [-0.4, -0.2) is 14.8 Å². The fourth-order valence-electron chi connectivity index (χ4n) is 3.17. The number of halogens is 4. The standard InChI is InChI=1S/C16H17ClF3N3/c1-15(6-2-3-7-15)10-23-9-11(8-21-23)12-4-5-13(16(18,19)20)22-14(12)17/h4-5,8-9H,2-3,6-7,10H2,1H3. The fourth-order valence-corrected chi connectivity index (χ4v) is 3.44. The van der Waals surface area contributed by atoms with Crippen LogP contribution in [0.15, 0.2) is 24.5 Å². The van der Waals surface area contributed by atoms with Crippen LogP contribution in [-0.2, 0) is 12.7 Å². The summed E-state index contributed by atoms with van der Waals surface area (Å²) in [5.74, 6) is 0. The Bertz CT molecular complexity index is 703. The molecule has 2 aromatic heterocycles. The van der Waals surface area contributed by atoms with Crippen molar-refractivity contribution in [1.29, 1.82) is 0 Å². The second-order valence-corrected chi connectivity index (χ2v) is 6.83. The number of hydrogen-bond donors (Lipinski definition) is 0. The quantitative estimate of drug-likeness (QED) is 0.717. The molecule has 1 saturated carbocycles. The molecule has 3 nitrogen and oxygen atoms in total. The van der Waals surface area contributed by atoms with Gasteiger partial charge in [0.1, 0.15) is 10.8 Å². The van der Waals surface area contributed by atoms with E-state index in [1.165, 1.54) is 31.7 Å². The molecule has 0 saturated heterocycles. The summed E-state index contributed by atoms with van der Waals surface area (Å²) in [6.07, 6.45) is 3.76. The number of alkyl halides is 3. The van der Waals surface area contributed by atoms with Crippen molar-refractivity contribution in [2.45, 2.75) is 45.3 Å². The fraction of sp³-hybridized carbons (Fsp3) is 0.500. The minimum absolute atomic E-state index is 0.161. The van der Waals surface area contributed by atoms with Gasteiger partial charge in [-0.15, -0.1) is 0 Å². The third-order valence-electron chi connectivity index (χ3n) is 4.44. The van der Waals surface area contributed by atoms with Crippen LogP contribution in [0.5, 0.6) is 0 Å². The van der Waals surface area contributed by atoms with Gasteiger partial charge in [0, 0.05) is 23.9 Å². The average Bonchev–Trinajstić information content (AvgIpc) is 3.07. The zero-order valence-corrected chi connectivity index (χ0v) is 13.5. The molecule has 0 spiro atoms. The Morgan fingerprint density at radius 2 is 1.96 bits per heavy atom. The zero-order chi connectivity index (χ0) is 16.7. The predicted octanol–water partition coefficient (Wildman–Crippen LogP) is 5.20. The summed E-state index contributed by atoms with van der Waals surface area (Å²) < 4.78 is 39.8. The molecule has 0 radical (unpaired) electrons. The van der Waals surface area contributed by atoms with Crippen molar-refractivity contribution in [3.05, 3.63) is 35.4 Å². The SMILES string of the molecule is CC1(Cn2cc(-c3ccc(C(F)(F)F)nc3Cl)cn2)CCCC1. The first kappa shape index (κ1) is 16.3. The second-order valence-electron chi connectivity index (χ2n) is 6.48. The average molecular weight is 344 g/mol. The van der Waals surface area contributed by atoms with Gasteiger partial charge in [0.25, 0.3) is 0 Å². The highest BCUT2D eigenvalue weighted by Crippen LogP contribution is 2.39. The van der Waals surface area contributed by atoms with E-state index in [0.717, 1.165) is 12.6 Å². The topological polar surface area (TPSA) is 30.7 Å². The van der Waals surface area contributed by atoms with Crippen molar-refractivity contribution in [2.24, 2.45) is 5.41 Å². The minimum atomic E-state index is -4.50. The summed E-state index contributed by atoms with van der Waals surface area (Å²) in [5.41, 5.74) is 0.392. The molecule has 1 aliphatic rings. The van der Waals surface area contributed by atoms with Crippen LogP contribution in [0, 0.1) is 5.41 Å². The highest BCUT2D eigenvalue weighted by molar-refractivity contribution is 6.32. The van der Waals surface area contributed by atoms with Crippen LogP contribution in [0.25, 0.3) is 11.1 Å². The maximum absolute atomic E-state index is 12.6. The van der Waals surface area contributed by atoms with Crippen molar-refractivity contribution in [3.8, 4) is 11.1 Å². The molecule has 1 fully saturated rings. The molecule has 0 amide bonds. The van der Waals surface area contributed by atoms with Crippen LogP contribution in [0.2, 0.25) is 5.15 Å². The van der Waals surface area contributed by atoms with Gasteiger partial charge in [0.15, 0.2) is 0 Å². The van der Waals surface area contributed by atoms with Gasteiger partial charge in [-0.2, -0.15) is 18.3 Å². The zero-order valence-electron chi connectivity index (χ0n) is 12.7. The third kappa shape index (κ3) is 3.52. The summed E-state index contributed by atoms with van der Waals surface area (Å²) in [5, 5.41) is 4.16. The lowest BCUT2D eigenvalue weighted by atomic mass is 9.89. The van der Waals surface area contributed by atoms with Crippen LogP contribution in [0.1, 0.15) is 38.3 Å². The largest absolute Gasteiger partial charge is 0.433 e. The summed E-state index contributed by atoms with van der Waals surface area (Å²) >= 11 is 5.93. The Morgan fingerprint density at radius 1 is 1.26 bits per heavy atom. The van der Waals surface area contributed by atoms with Gasteiger partial charge in [0.2, 0.25) is 0 Å². The van der Waals surface area contributed by atoms with Crippen LogP contribution in [0.3, 0.4) is 0 Å². The van der Waals surface area contributed by atoms with E-state index in [1.54, 1.807) is 6.20 Å². The van der Waals surface area contributed by atoms with Crippen LogP contribution in [0.4, 0.5) is 13.2 Å². The van der Waals surface area contributed by atoms with Gasteiger partial charge in [-0.05, 0) is 30.4 Å². The van der Waals surface area contributed by atoms with E-state index in [4.69, 9.17) is 11.6 Å². The summed E-state index contributed by atoms with van der Waals surface area (Å²) in [6, 6.07) is 2.29. The lowest BCUT2D eigenvalue weighted by Gasteiger charge is -2.22. The number of nitrogens with zero attached hydrogens (tertiary/aromatic N) is 3. The maximum Gasteiger partial charge on any atom is 0.433 e. The molecule has 2 aromatic rings. The summed E-state index contributed by atoms with van der Waals surface area (Å²) in [6.45, 7) is 3.05. The molecule has 0 aromatic carbocycles. The van der Waals surface area contributed by atoms with Crippen molar-refractivity contribution in [3.63, 3.8) is 0 Å². The van der Waals surface area contributed by atoms with Crippen molar-refractivity contribution in [1.82, 2.24) is 14.8 Å². The number of pyridine rings is 1. The Hall–Kier alpha value is -1.56. The molecule has 23 heavy (non-hydrogen) atoms. The van der Waals surface area contributed by atoms with E-state index in [0.29, 0.717) is 11.1 Å². The Kier molecular flexibility index (Phi) is 4.12. The van der Waals surface area contributed by atoms with E-state index in [-0.39, 0.29) is 10.6 Å². The first-order chi connectivity index (χ1) is 10.8. The molecule has 0 bridgehead atoms. The van der Waals surface area contributed by atoms with E-state index < -0.39 is 11.9 Å². The van der Waals surface area contributed by atoms with Crippen molar-refractivity contribution >= 4 is 11.6 Å². The molecule has 2 heterocycles. The van der Waals surface area contributed by atoms with Gasteiger partial charge in [-0.3, -0.25) is 4.68 Å². The molecule has 124 valence electrons. The lowest BCUT2D eigenvalue weighted by molar-refractivity contribution is -0.141. The molecule has 3 rings (SSSR count). The normalized spacial score (nSPS) is 17.6. The summed E-state index contributed by atoms with van der Waals surface area (Å²) in [4.78, 5) is 3.45. The third-order valence-corrected chi connectivity index (χ3v) is 4.73. The molecule has 0 aliphatic heterocycles. The van der Waals surface area contributed by atoms with Gasteiger partial charge in [-0.1, -0.05) is 31.4 Å². The molecule has 7 heteroatoms. The second kappa shape index (κ2) is 5.82. The predicted molar refractivity (Wildman–Crippen MR) is 82.0 cm³/mol. The molecule has 0 atom stereocenters. The van der Waals surface area contributed by atoms with Gasteiger partial charge in [-0.25, -0.2) is 4.98 Å². The lowest BCUT2D eigenvalue weighted by Crippen LogP contribution is -2.19. The number of aromatic nitrogens is 3. The van der Waals surface area contributed by atoms with E-state index in [2.05, 4.69) is 17.0 Å². The van der Waals surface area contributed by atoms with E-state index in [1.807, 2.05) is 10.9 Å². The smallest absolute Gasteiger partial charge is 0.272 e. The van der Waals surface area contributed by atoms with Gasteiger partial charge >= 0.3 is 6.18 Å². The first-order valence-electron chi connectivity index (χ1n) is 7.53. The van der Waals surface area contributed by atoms with Crippen LogP contribution >= 0.6 is 11.6 Å². The monoisotopic (exact) mass is 343 g/mol. The minimum Gasteiger partial charge on any atom is -0.272 e. The number of rotatable bonds is 3. The molecule has 0 unspecified atom stereocenters. The highest BCUT2D eigenvalue weighted by Gasteiger charge is 2.33. The van der Waals surface area contributed by atoms with E-state index in [9.17, 15) is 13.2 Å². The Morgan fingerprint density at radius 3 is 2.57 bits per heavy atom. The Balaban J connectivity index is 1.83. The van der Waals surface area contributed by atoms with Gasteiger partial charge < -0.3 is 0 Å². The maximum atomic E-state index is 12.6. The first-order valence-corrected chi connectivity index (χ1v) is 7.91. The molecular weight excluding hydrogens is 327 g/mol. The van der Waals surface area contributed by atoms with E-state index >= 15 is 0 Å². The highest BCUT2D eigenvalue weighted by atomic mass is 35.5. The molecular formula is C16H17ClF3N3. The van der Waals surface area contributed by atoms with Crippen LogP contribution < -0.4 is 0 Å². The van der Waals surface area contributed by atoms with Crippen molar-refractivity contribution in [2.75, 3.05) is 0 Å². The number of hydrogen-bond acceptors (Lipinski definition) is 2.